The van der Waals surface area contributed by atoms with Gasteiger partial charge in [0.15, 0.2) is 0 Å². The van der Waals surface area contributed by atoms with E-state index in [1.807, 2.05) is 45.0 Å². The molecule has 0 fully saturated rings. The maximum atomic E-state index is 13.3. The van der Waals surface area contributed by atoms with Crippen molar-refractivity contribution in [1.29, 1.82) is 0 Å². The molecule has 0 saturated heterocycles. The van der Waals surface area contributed by atoms with Crippen LogP contribution in [0, 0.1) is 11.7 Å². The first kappa shape index (κ1) is 25.7. The van der Waals surface area contributed by atoms with E-state index in [0.29, 0.717) is 24.6 Å². The molecule has 0 radical (unpaired) electrons. The zero-order valence-corrected chi connectivity index (χ0v) is 20.1. The second-order valence-corrected chi connectivity index (χ2v) is 9.04. The molecule has 0 spiro atoms. The smallest absolute Gasteiger partial charge is 0.242 e. The van der Waals surface area contributed by atoms with Crippen LogP contribution in [-0.4, -0.2) is 42.2 Å². The molecule has 0 aromatic heterocycles. The van der Waals surface area contributed by atoms with Gasteiger partial charge in [-0.2, -0.15) is 0 Å². The highest BCUT2D eigenvalue weighted by molar-refractivity contribution is 7.99. The van der Waals surface area contributed by atoms with Crippen molar-refractivity contribution in [2.24, 2.45) is 5.92 Å². The second kappa shape index (κ2) is 13.1. The van der Waals surface area contributed by atoms with E-state index in [-0.39, 0.29) is 29.9 Å². The molecule has 5 nitrogen and oxygen atoms in total. The fourth-order valence-electron chi connectivity index (χ4n) is 3.19. The van der Waals surface area contributed by atoms with Crippen LogP contribution < -0.4 is 10.1 Å². The highest BCUT2D eigenvalue weighted by Gasteiger charge is 2.28. The molecule has 174 valence electrons. The maximum Gasteiger partial charge on any atom is 0.242 e. The van der Waals surface area contributed by atoms with Gasteiger partial charge in [0.1, 0.15) is 17.6 Å². The van der Waals surface area contributed by atoms with Gasteiger partial charge in [-0.05, 0) is 47.7 Å². The van der Waals surface area contributed by atoms with E-state index < -0.39 is 6.04 Å². The van der Waals surface area contributed by atoms with E-state index in [0.717, 1.165) is 16.9 Å². The SMILES string of the molecule is CC[C@@H](C(=O)NCC(C)C)N(Cc1ccc(F)cc1)C(=O)CSCc1ccc(OC)cc1. The van der Waals surface area contributed by atoms with Crippen LogP contribution in [0.5, 0.6) is 5.75 Å². The van der Waals surface area contributed by atoms with Gasteiger partial charge < -0.3 is 15.0 Å². The third kappa shape index (κ3) is 8.19. The van der Waals surface area contributed by atoms with Gasteiger partial charge in [0.05, 0.1) is 12.9 Å². The van der Waals surface area contributed by atoms with Gasteiger partial charge in [-0.15, -0.1) is 11.8 Å². The Balaban J connectivity index is 2.09. The Morgan fingerprint density at radius 1 is 1.06 bits per heavy atom. The van der Waals surface area contributed by atoms with Crippen molar-refractivity contribution in [2.75, 3.05) is 19.4 Å². The monoisotopic (exact) mass is 460 g/mol. The number of methoxy groups -OCH3 is 1. The summed E-state index contributed by atoms with van der Waals surface area (Å²) in [6.45, 7) is 6.77. The van der Waals surface area contributed by atoms with Crippen LogP contribution in [0.15, 0.2) is 48.5 Å². The summed E-state index contributed by atoms with van der Waals surface area (Å²) in [5, 5.41) is 2.94. The Labute approximate surface area is 194 Å². The minimum atomic E-state index is -0.576. The number of halogens is 1. The van der Waals surface area contributed by atoms with E-state index in [2.05, 4.69) is 5.32 Å². The van der Waals surface area contributed by atoms with E-state index in [1.54, 1.807) is 24.1 Å². The van der Waals surface area contributed by atoms with E-state index >= 15 is 0 Å². The lowest BCUT2D eigenvalue weighted by Gasteiger charge is -2.31. The predicted molar refractivity (Wildman–Crippen MR) is 128 cm³/mol. The summed E-state index contributed by atoms with van der Waals surface area (Å²) < 4.78 is 18.5. The zero-order chi connectivity index (χ0) is 23.5. The first-order chi connectivity index (χ1) is 15.3. The summed E-state index contributed by atoms with van der Waals surface area (Å²) >= 11 is 1.50. The van der Waals surface area contributed by atoms with Crippen LogP contribution in [0.25, 0.3) is 0 Å². The zero-order valence-electron chi connectivity index (χ0n) is 19.3. The molecular formula is C25H33FN2O3S. The van der Waals surface area contributed by atoms with Crippen LogP contribution in [0.1, 0.15) is 38.3 Å². The number of amides is 2. The minimum Gasteiger partial charge on any atom is -0.497 e. The lowest BCUT2D eigenvalue weighted by molar-refractivity contribution is -0.139. The molecule has 1 atom stereocenters. The first-order valence-corrected chi connectivity index (χ1v) is 12.0. The lowest BCUT2D eigenvalue weighted by Crippen LogP contribution is -2.50. The van der Waals surface area contributed by atoms with Crippen LogP contribution in [0.2, 0.25) is 0 Å². The molecule has 2 aromatic rings. The predicted octanol–water partition coefficient (Wildman–Crippen LogP) is 4.65. The van der Waals surface area contributed by atoms with Crippen molar-refractivity contribution in [2.45, 2.75) is 45.5 Å². The summed E-state index contributed by atoms with van der Waals surface area (Å²) in [6, 6.07) is 13.2. The number of hydrogen-bond acceptors (Lipinski definition) is 4. The van der Waals surface area contributed by atoms with Crippen molar-refractivity contribution >= 4 is 23.6 Å². The molecule has 0 heterocycles. The number of carbonyl (C=O) groups excluding carboxylic acids is 2. The fraction of sp³-hybridized carbons (Fsp3) is 0.440. The van der Waals surface area contributed by atoms with Crippen molar-refractivity contribution in [1.82, 2.24) is 10.2 Å². The Morgan fingerprint density at radius 3 is 2.25 bits per heavy atom. The number of nitrogens with one attached hydrogen (secondary N) is 1. The van der Waals surface area contributed by atoms with Crippen LogP contribution in [0.4, 0.5) is 4.39 Å². The molecule has 0 bridgehead atoms. The molecule has 2 amide bonds. The summed E-state index contributed by atoms with van der Waals surface area (Å²) in [5.41, 5.74) is 1.88. The highest BCUT2D eigenvalue weighted by Crippen LogP contribution is 2.19. The number of ether oxygens (including phenoxy) is 1. The van der Waals surface area contributed by atoms with Crippen molar-refractivity contribution < 1.29 is 18.7 Å². The number of nitrogens with zero attached hydrogens (tertiary/aromatic N) is 1. The number of hydrogen-bond donors (Lipinski definition) is 1. The molecule has 2 aromatic carbocycles. The average molecular weight is 461 g/mol. The number of thioether (sulfide) groups is 1. The molecule has 7 heteroatoms. The summed E-state index contributed by atoms with van der Waals surface area (Å²) in [6.07, 6.45) is 0.500. The highest BCUT2D eigenvalue weighted by atomic mass is 32.2. The lowest BCUT2D eigenvalue weighted by atomic mass is 10.1. The summed E-state index contributed by atoms with van der Waals surface area (Å²) in [5.74, 6) is 1.44. The molecule has 2 rings (SSSR count). The summed E-state index contributed by atoms with van der Waals surface area (Å²) in [7, 11) is 1.62. The molecule has 0 unspecified atom stereocenters. The standard InChI is InChI=1S/C25H33FN2O3S/c1-5-23(25(30)27-14-18(2)3)28(15-19-6-10-21(26)11-7-19)24(29)17-32-16-20-8-12-22(31-4)13-9-20/h6-13,18,23H,5,14-17H2,1-4H3,(H,27,30)/t23-/m0/s1. The molecule has 1 N–H and O–H groups in total. The Morgan fingerprint density at radius 2 is 1.69 bits per heavy atom. The Hall–Kier alpha value is -2.54. The maximum absolute atomic E-state index is 13.3. The largest absolute Gasteiger partial charge is 0.497 e. The average Bonchev–Trinajstić information content (AvgIpc) is 2.79. The van der Waals surface area contributed by atoms with E-state index in [1.165, 1.54) is 23.9 Å². The third-order valence-electron chi connectivity index (χ3n) is 4.99. The molecular weight excluding hydrogens is 427 g/mol. The van der Waals surface area contributed by atoms with Crippen molar-refractivity contribution in [3.05, 3.63) is 65.5 Å². The Kier molecular flexibility index (Phi) is 10.5. The van der Waals surface area contributed by atoms with Crippen molar-refractivity contribution in [3.63, 3.8) is 0 Å². The number of rotatable bonds is 12. The second-order valence-electron chi connectivity index (χ2n) is 8.05. The fourth-order valence-corrected chi connectivity index (χ4v) is 4.06. The molecule has 32 heavy (non-hydrogen) atoms. The molecule has 0 saturated carbocycles. The van der Waals surface area contributed by atoms with Crippen LogP contribution >= 0.6 is 11.8 Å². The molecule has 0 aliphatic carbocycles. The van der Waals surface area contributed by atoms with Gasteiger partial charge in [-0.1, -0.05) is 45.0 Å². The first-order valence-electron chi connectivity index (χ1n) is 10.9. The van der Waals surface area contributed by atoms with Gasteiger partial charge >= 0.3 is 0 Å². The third-order valence-corrected chi connectivity index (χ3v) is 5.98. The normalized spacial score (nSPS) is 11.8. The van der Waals surface area contributed by atoms with Gasteiger partial charge in [0.2, 0.25) is 11.8 Å². The Bertz CT molecular complexity index is 856. The summed E-state index contributed by atoms with van der Waals surface area (Å²) in [4.78, 5) is 27.6. The minimum absolute atomic E-state index is 0.112. The van der Waals surface area contributed by atoms with Gasteiger partial charge in [0, 0.05) is 18.8 Å². The molecule has 0 aliphatic rings. The van der Waals surface area contributed by atoms with Gasteiger partial charge in [-0.25, -0.2) is 4.39 Å². The van der Waals surface area contributed by atoms with E-state index in [4.69, 9.17) is 4.74 Å². The van der Waals surface area contributed by atoms with Crippen molar-refractivity contribution in [3.8, 4) is 5.75 Å². The van der Waals surface area contributed by atoms with Crippen LogP contribution in [-0.2, 0) is 21.9 Å². The topological polar surface area (TPSA) is 58.6 Å². The van der Waals surface area contributed by atoms with Gasteiger partial charge in [-0.3, -0.25) is 9.59 Å². The number of carbonyl (C=O) groups is 2. The quantitative estimate of drug-likeness (QED) is 0.501. The molecule has 0 aliphatic heterocycles. The van der Waals surface area contributed by atoms with Gasteiger partial charge in [0.25, 0.3) is 0 Å². The van der Waals surface area contributed by atoms with Crippen LogP contribution in [0.3, 0.4) is 0 Å². The number of benzene rings is 2. The van der Waals surface area contributed by atoms with E-state index in [9.17, 15) is 14.0 Å².